The number of hydrogen-bond acceptors (Lipinski definition) is 7. The van der Waals surface area contributed by atoms with Crippen LogP contribution in [-0.4, -0.2) is 59.2 Å². The van der Waals surface area contributed by atoms with Gasteiger partial charge < -0.3 is 24.6 Å². The molecule has 5 rings (SSSR count). The molecule has 2 aliphatic heterocycles. The molecule has 1 aromatic heterocycles. The highest BCUT2D eigenvalue weighted by atomic mass is 35.5. The lowest BCUT2D eigenvalue weighted by molar-refractivity contribution is -0.119. The Labute approximate surface area is 218 Å². The lowest BCUT2D eigenvalue weighted by Crippen LogP contribution is -2.60. The normalized spacial score (nSPS) is 16.8. The summed E-state index contributed by atoms with van der Waals surface area (Å²) in [5.74, 6) is 0.158. The van der Waals surface area contributed by atoms with Crippen molar-refractivity contribution in [3.05, 3.63) is 47.5 Å². The molecule has 0 atom stereocenters. The first-order chi connectivity index (χ1) is 17.5. The number of nitrogens with zero attached hydrogens (tertiary/aromatic N) is 4. The van der Waals surface area contributed by atoms with Crippen LogP contribution in [0.15, 0.2) is 36.7 Å². The fourth-order valence-electron chi connectivity index (χ4n) is 4.82. The number of nitrogens with one attached hydrogen (secondary N) is 1. The van der Waals surface area contributed by atoms with E-state index in [9.17, 15) is 14.0 Å². The molecule has 2 fully saturated rings. The summed E-state index contributed by atoms with van der Waals surface area (Å²) in [7, 11) is 1.52. The van der Waals surface area contributed by atoms with Gasteiger partial charge in [0.15, 0.2) is 5.82 Å². The monoisotopic (exact) mass is 527 g/mol. The van der Waals surface area contributed by atoms with Crippen LogP contribution in [0.4, 0.5) is 26.4 Å². The smallest absolute Gasteiger partial charge is 0.410 e. The van der Waals surface area contributed by atoms with E-state index in [1.165, 1.54) is 19.5 Å². The Kier molecular flexibility index (Phi) is 6.10. The molecule has 37 heavy (non-hydrogen) atoms. The van der Waals surface area contributed by atoms with Crippen molar-refractivity contribution in [1.29, 1.82) is 0 Å². The van der Waals surface area contributed by atoms with Crippen LogP contribution in [0.2, 0.25) is 5.02 Å². The van der Waals surface area contributed by atoms with Crippen molar-refractivity contribution in [1.82, 2.24) is 14.9 Å². The van der Waals surface area contributed by atoms with Gasteiger partial charge in [-0.15, -0.1) is 0 Å². The molecule has 9 nitrogen and oxygen atoms in total. The quantitative estimate of drug-likeness (QED) is 0.501. The highest BCUT2D eigenvalue weighted by Gasteiger charge is 2.54. The van der Waals surface area contributed by atoms with Gasteiger partial charge in [-0.2, -0.15) is 0 Å². The molecule has 1 spiro atoms. The molecule has 0 radical (unpaired) electrons. The first kappa shape index (κ1) is 25.0. The summed E-state index contributed by atoms with van der Waals surface area (Å²) in [6, 6.07) is 8.13. The average Bonchev–Trinajstić information content (AvgIpc) is 3.17. The van der Waals surface area contributed by atoms with Crippen LogP contribution in [0.25, 0.3) is 10.9 Å². The number of carbonyl (C=O) groups excluding carboxylic acids is 2. The van der Waals surface area contributed by atoms with E-state index in [1.54, 1.807) is 34.1 Å². The Morgan fingerprint density at radius 3 is 2.65 bits per heavy atom. The highest BCUT2D eigenvalue weighted by molar-refractivity contribution is 6.31. The van der Waals surface area contributed by atoms with E-state index >= 15 is 0 Å². The van der Waals surface area contributed by atoms with Crippen LogP contribution in [0, 0.1) is 11.2 Å². The number of anilines is 3. The van der Waals surface area contributed by atoms with E-state index in [-0.39, 0.29) is 28.1 Å². The Hall–Kier alpha value is -3.66. The molecule has 3 aromatic rings. The molecule has 0 unspecified atom stereocenters. The number of aromatic nitrogens is 2. The lowest BCUT2D eigenvalue weighted by Gasteiger charge is -2.47. The minimum atomic E-state index is -0.596. The van der Waals surface area contributed by atoms with Crippen LogP contribution in [0.1, 0.15) is 27.2 Å². The number of likely N-dealkylation sites (tertiary alicyclic amines) is 1. The summed E-state index contributed by atoms with van der Waals surface area (Å²) in [6.45, 7) is 6.75. The van der Waals surface area contributed by atoms with Gasteiger partial charge in [-0.05, 0) is 39.0 Å². The van der Waals surface area contributed by atoms with E-state index < -0.39 is 11.4 Å². The number of fused-ring (bicyclic) bond motifs is 1. The molecule has 2 aromatic carbocycles. The van der Waals surface area contributed by atoms with Gasteiger partial charge in [-0.3, -0.25) is 4.79 Å². The molecule has 2 amide bonds. The van der Waals surface area contributed by atoms with Crippen molar-refractivity contribution in [3.8, 4) is 5.75 Å². The Morgan fingerprint density at radius 1 is 1.19 bits per heavy atom. The molecule has 0 aliphatic carbocycles. The summed E-state index contributed by atoms with van der Waals surface area (Å²) >= 11 is 5.93. The number of rotatable bonds is 4. The molecule has 194 valence electrons. The third kappa shape index (κ3) is 4.73. The predicted molar refractivity (Wildman–Crippen MR) is 138 cm³/mol. The summed E-state index contributed by atoms with van der Waals surface area (Å²) in [6.07, 6.45) is 1.29. The van der Waals surface area contributed by atoms with E-state index in [4.69, 9.17) is 21.1 Å². The molecule has 1 N–H and O–H groups in total. The first-order valence-electron chi connectivity index (χ1n) is 11.8. The number of ether oxygens (including phenoxy) is 2. The maximum absolute atomic E-state index is 14.5. The van der Waals surface area contributed by atoms with Crippen LogP contribution >= 0.6 is 11.6 Å². The fraction of sp³-hybridized carbons (Fsp3) is 0.385. The van der Waals surface area contributed by atoms with Gasteiger partial charge in [0, 0.05) is 42.9 Å². The Morgan fingerprint density at radius 2 is 1.95 bits per heavy atom. The number of halogens is 2. The summed E-state index contributed by atoms with van der Waals surface area (Å²) in [5.41, 5.74) is 0.334. The summed E-state index contributed by atoms with van der Waals surface area (Å²) in [4.78, 5) is 37.5. The average molecular weight is 528 g/mol. The molecule has 11 heteroatoms. The van der Waals surface area contributed by atoms with Crippen LogP contribution in [0.3, 0.4) is 0 Å². The van der Waals surface area contributed by atoms with Gasteiger partial charge in [-0.25, -0.2) is 19.2 Å². The maximum atomic E-state index is 14.5. The fourth-order valence-corrected chi connectivity index (χ4v) is 5.00. The van der Waals surface area contributed by atoms with Gasteiger partial charge in [0.2, 0.25) is 5.91 Å². The molecular weight excluding hydrogens is 501 g/mol. The second-order valence-corrected chi connectivity index (χ2v) is 10.9. The minimum absolute atomic E-state index is 0.0143. The van der Waals surface area contributed by atoms with E-state index in [1.807, 2.05) is 20.8 Å². The number of carbonyl (C=O) groups is 2. The van der Waals surface area contributed by atoms with Crippen LogP contribution in [-0.2, 0) is 9.53 Å². The maximum Gasteiger partial charge on any atom is 0.410 e. The molecule has 0 saturated carbocycles. The van der Waals surface area contributed by atoms with Crippen molar-refractivity contribution in [2.75, 3.05) is 37.0 Å². The van der Waals surface area contributed by atoms with E-state index in [2.05, 4.69) is 15.3 Å². The molecule has 2 saturated heterocycles. The first-order valence-corrected chi connectivity index (χ1v) is 12.2. The molecular formula is C26H27ClFN5O4. The van der Waals surface area contributed by atoms with Gasteiger partial charge >= 0.3 is 6.09 Å². The van der Waals surface area contributed by atoms with Gasteiger partial charge in [-0.1, -0.05) is 17.7 Å². The van der Waals surface area contributed by atoms with Crippen LogP contribution < -0.4 is 15.0 Å². The van der Waals surface area contributed by atoms with Crippen molar-refractivity contribution >= 4 is 51.7 Å². The SMILES string of the molecule is COc1cc2ncnc(Nc3cccc(Cl)c3F)c2cc1N1CC2(CC1=O)CN(C(=O)OC(C)(C)C)C2. The lowest BCUT2D eigenvalue weighted by atomic mass is 9.79. The van der Waals surface area contributed by atoms with E-state index in [0.717, 1.165) is 0 Å². The van der Waals surface area contributed by atoms with Gasteiger partial charge in [0.25, 0.3) is 0 Å². The van der Waals surface area contributed by atoms with Gasteiger partial charge in [0.1, 0.15) is 23.5 Å². The largest absolute Gasteiger partial charge is 0.494 e. The number of benzene rings is 2. The van der Waals surface area contributed by atoms with Crippen molar-refractivity contribution in [3.63, 3.8) is 0 Å². The number of amides is 2. The third-order valence-electron chi connectivity index (χ3n) is 6.46. The summed E-state index contributed by atoms with van der Waals surface area (Å²) in [5, 5.41) is 3.55. The van der Waals surface area contributed by atoms with Crippen molar-refractivity contribution in [2.24, 2.45) is 5.41 Å². The molecule has 2 aliphatic rings. The summed E-state index contributed by atoms with van der Waals surface area (Å²) < 4.78 is 25.6. The third-order valence-corrected chi connectivity index (χ3v) is 6.75. The van der Waals surface area contributed by atoms with Gasteiger partial charge in [0.05, 0.1) is 29.0 Å². The topological polar surface area (TPSA) is 96.9 Å². The zero-order valence-electron chi connectivity index (χ0n) is 21.0. The van der Waals surface area contributed by atoms with Crippen LogP contribution in [0.5, 0.6) is 5.75 Å². The zero-order chi connectivity index (χ0) is 26.5. The van der Waals surface area contributed by atoms with Crippen molar-refractivity contribution in [2.45, 2.75) is 32.8 Å². The van der Waals surface area contributed by atoms with Crippen molar-refractivity contribution < 1.29 is 23.5 Å². The molecule has 0 bridgehead atoms. The van der Waals surface area contributed by atoms with E-state index in [0.29, 0.717) is 54.2 Å². The number of methoxy groups -OCH3 is 1. The highest BCUT2D eigenvalue weighted by Crippen LogP contribution is 2.45. The minimum Gasteiger partial charge on any atom is -0.494 e. The standard InChI is InChI=1S/C26H27ClFN5O4/c1-25(2,3)37-24(35)32-11-26(12-32)10-21(34)33(13-26)19-8-15-18(9-20(19)36-4)29-14-30-23(15)31-17-7-5-6-16(27)22(17)28/h5-9,14H,10-13H2,1-4H3,(H,29,30,31). The Bertz CT molecular complexity index is 1400. The molecule has 3 heterocycles. The zero-order valence-corrected chi connectivity index (χ0v) is 21.7. The second kappa shape index (κ2) is 9.02. The predicted octanol–water partition coefficient (Wildman–Crippen LogP) is 5.15. The number of hydrogen-bond donors (Lipinski definition) is 1. The second-order valence-electron chi connectivity index (χ2n) is 10.5. The Balaban J connectivity index is 1.44.